The normalized spacial score (nSPS) is 13.7. The summed E-state index contributed by atoms with van der Waals surface area (Å²) in [4.78, 5) is 27.7. The molecule has 1 aliphatic rings. The molecule has 105 valence electrons. The number of nitrogens with one attached hydrogen (secondary N) is 2. The minimum Gasteiger partial charge on any atom is -0.368 e. The largest absolute Gasteiger partial charge is 0.490 e. The molecule has 1 aromatic carbocycles. The smallest absolute Gasteiger partial charge is 0.368 e. The van der Waals surface area contributed by atoms with Crippen LogP contribution in [0.2, 0.25) is 0 Å². The quantitative estimate of drug-likeness (QED) is 0.609. The Morgan fingerprint density at radius 3 is 2.80 bits per heavy atom. The Morgan fingerprint density at radius 2 is 2.20 bits per heavy atom. The van der Waals surface area contributed by atoms with Crippen LogP contribution >= 0.6 is 0 Å². The van der Waals surface area contributed by atoms with E-state index in [0.717, 1.165) is 18.4 Å². The van der Waals surface area contributed by atoms with Crippen LogP contribution in [0.4, 0.5) is 4.32 Å². The topological polar surface area (TPSA) is 67.4 Å². The van der Waals surface area contributed by atoms with Gasteiger partial charge in [0.15, 0.2) is 0 Å². The lowest BCUT2D eigenvalue weighted by atomic mass is 9.97. The monoisotopic (exact) mass is 277 g/mol. The van der Waals surface area contributed by atoms with Crippen molar-refractivity contribution in [2.24, 2.45) is 0 Å². The SMILES string of the molecule is CC(=O)NOCc1c(C(=O)N[B]F)cccc1C1CC1. The van der Waals surface area contributed by atoms with E-state index >= 15 is 0 Å². The second kappa shape index (κ2) is 6.52. The van der Waals surface area contributed by atoms with Gasteiger partial charge in [0.1, 0.15) is 6.61 Å². The third-order valence-corrected chi connectivity index (χ3v) is 3.09. The van der Waals surface area contributed by atoms with Crippen molar-refractivity contribution < 1.29 is 18.7 Å². The van der Waals surface area contributed by atoms with Crippen molar-refractivity contribution in [3.8, 4) is 0 Å². The summed E-state index contributed by atoms with van der Waals surface area (Å²) in [6, 6.07) is 5.31. The predicted octanol–water partition coefficient (Wildman–Crippen LogP) is 1.37. The maximum atomic E-state index is 12.1. The second-order valence-corrected chi connectivity index (χ2v) is 4.68. The van der Waals surface area contributed by atoms with Gasteiger partial charge in [-0.05, 0) is 36.0 Å². The summed E-state index contributed by atoms with van der Waals surface area (Å²) >= 11 is 0. The number of hydrogen-bond acceptors (Lipinski definition) is 3. The molecule has 0 heterocycles. The first-order valence-corrected chi connectivity index (χ1v) is 6.36. The van der Waals surface area contributed by atoms with Crippen molar-refractivity contribution in [3.05, 3.63) is 34.9 Å². The highest BCUT2D eigenvalue weighted by Crippen LogP contribution is 2.42. The second-order valence-electron chi connectivity index (χ2n) is 4.68. The number of amides is 2. The molecule has 0 unspecified atom stereocenters. The van der Waals surface area contributed by atoms with Crippen molar-refractivity contribution >= 4 is 19.5 Å². The van der Waals surface area contributed by atoms with Gasteiger partial charge in [0.25, 0.3) is 0 Å². The zero-order valence-corrected chi connectivity index (χ0v) is 11.1. The van der Waals surface area contributed by atoms with E-state index in [1.54, 1.807) is 12.1 Å². The Balaban J connectivity index is 2.22. The fourth-order valence-corrected chi connectivity index (χ4v) is 2.09. The van der Waals surface area contributed by atoms with Gasteiger partial charge in [-0.25, -0.2) is 5.48 Å². The Labute approximate surface area is 117 Å². The minimum absolute atomic E-state index is 0.0707. The number of benzene rings is 1. The Morgan fingerprint density at radius 1 is 1.45 bits per heavy atom. The fraction of sp³-hybridized carbons (Fsp3) is 0.385. The van der Waals surface area contributed by atoms with Gasteiger partial charge in [-0.3, -0.25) is 14.4 Å². The van der Waals surface area contributed by atoms with Crippen LogP contribution in [-0.2, 0) is 16.2 Å². The van der Waals surface area contributed by atoms with E-state index in [1.165, 1.54) is 6.92 Å². The fourth-order valence-electron chi connectivity index (χ4n) is 2.09. The Bertz CT molecular complexity index is 520. The van der Waals surface area contributed by atoms with E-state index in [9.17, 15) is 13.9 Å². The van der Waals surface area contributed by atoms with Crippen LogP contribution in [0.25, 0.3) is 0 Å². The van der Waals surface area contributed by atoms with Gasteiger partial charge in [0.2, 0.25) is 11.8 Å². The van der Waals surface area contributed by atoms with Gasteiger partial charge in [-0.15, -0.1) is 0 Å². The molecule has 1 fully saturated rings. The molecule has 20 heavy (non-hydrogen) atoms. The molecule has 0 bridgehead atoms. The number of carbonyl (C=O) groups is 2. The van der Waals surface area contributed by atoms with Gasteiger partial charge < -0.3 is 9.54 Å². The van der Waals surface area contributed by atoms with Crippen molar-refractivity contribution in [1.82, 2.24) is 10.7 Å². The molecule has 0 saturated heterocycles. The molecule has 2 rings (SSSR count). The van der Waals surface area contributed by atoms with Crippen molar-refractivity contribution in [2.75, 3.05) is 0 Å². The van der Waals surface area contributed by atoms with E-state index < -0.39 is 5.91 Å². The van der Waals surface area contributed by atoms with E-state index in [2.05, 4.69) is 5.48 Å². The average Bonchev–Trinajstić information content (AvgIpc) is 3.23. The van der Waals surface area contributed by atoms with Crippen LogP contribution in [0.5, 0.6) is 0 Å². The van der Waals surface area contributed by atoms with Gasteiger partial charge in [0.05, 0.1) is 0 Å². The molecule has 0 aliphatic heterocycles. The van der Waals surface area contributed by atoms with Crippen molar-refractivity contribution in [3.63, 3.8) is 0 Å². The third-order valence-electron chi connectivity index (χ3n) is 3.09. The summed E-state index contributed by atoms with van der Waals surface area (Å²) in [5.74, 6) is -0.443. The molecule has 1 saturated carbocycles. The molecular weight excluding hydrogens is 262 g/mol. The summed E-state index contributed by atoms with van der Waals surface area (Å²) in [7, 11) is 0.102. The number of hydrogen-bond donors (Lipinski definition) is 2. The Kier molecular flexibility index (Phi) is 4.73. The summed E-state index contributed by atoms with van der Waals surface area (Å²) in [5, 5.41) is 2.01. The molecule has 0 atom stereocenters. The minimum atomic E-state index is -0.531. The van der Waals surface area contributed by atoms with E-state index in [4.69, 9.17) is 4.84 Å². The third kappa shape index (κ3) is 3.57. The van der Waals surface area contributed by atoms with Gasteiger partial charge in [0, 0.05) is 12.5 Å². The maximum absolute atomic E-state index is 12.1. The van der Waals surface area contributed by atoms with Crippen LogP contribution in [-0.4, -0.2) is 19.5 Å². The molecule has 1 aliphatic carbocycles. The first kappa shape index (κ1) is 14.5. The molecular formula is C13H15BFN2O3. The van der Waals surface area contributed by atoms with Crippen LogP contribution < -0.4 is 10.7 Å². The highest BCUT2D eigenvalue weighted by molar-refractivity contribution is 6.30. The lowest BCUT2D eigenvalue weighted by Crippen LogP contribution is -2.27. The molecule has 1 radical (unpaired) electrons. The zero-order chi connectivity index (χ0) is 14.5. The average molecular weight is 277 g/mol. The van der Waals surface area contributed by atoms with Gasteiger partial charge in [-0.2, -0.15) is 0 Å². The number of carbonyl (C=O) groups excluding carboxylic acids is 2. The zero-order valence-electron chi connectivity index (χ0n) is 11.1. The summed E-state index contributed by atoms with van der Waals surface area (Å²) in [6.07, 6.45) is 2.13. The van der Waals surface area contributed by atoms with E-state index in [-0.39, 0.29) is 20.2 Å². The van der Waals surface area contributed by atoms with Crippen LogP contribution in [0.1, 0.15) is 47.2 Å². The summed E-state index contributed by atoms with van der Waals surface area (Å²) in [6.45, 7) is 1.40. The molecule has 0 spiro atoms. The summed E-state index contributed by atoms with van der Waals surface area (Å²) < 4.78 is 12.1. The van der Waals surface area contributed by atoms with Gasteiger partial charge in [-0.1, -0.05) is 12.1 Å². The highest BCUT2D eigenvalue weighted by atomic mass is 19.1. The maximum Gasteiger partial charge on any atom is 0.490 e. The molecule has 2 N–H and O–H groups in total. The van der Waals surface area contributed by atoms with Crippen molar-refractivity contribution in [2.45, 2.75) is 32.3 Å². The van der Waals surface area contributed by atoms with E-state index in [0.29, 0.717) is 17.0 Å². The molecule has 5 nitrogen and oxygen atoms in total. The standard InChI is InChI=1S/C13H15BFN2O3/c1-8(18)17-20-7-12-10(9-5-6-9)3-2-4-11(12)13(19)16-14-15/h2-4,9H,5-7H2,1H3,(H,16,19)(H,17,18). The number of hydroxylamine groups is 1. The first-order valence-electron chi connectivity index (χ1n) is 6.36. The molecule has 7 heteroatoms. The van der Waals surface area contributed by atoms with Crippen LogP contribution in [0.3, 0.4) is 0 Å². The molecule has 0 aromatic heterocycles. The lowest BCUT2D eigenvalue weighted by molar-refractivity contribution is -0.132. The highest BCUT2D eigenvalue weighted by Gasteiger charge is 2.28. The van der Waals surface area contributed by atoms with Gasteiger partial charge >= 0.3 is 7.69 Å². The van der Waals surface area contributed by atoms with Crippen LogP contribution in [0.15, 0.2) is 18.2 Å². The van der Waals surface area contributed by atoms with Crippen molar-refractivity contribution in [1.29, 1.82) is 0 Å². The molecule has 2 amide bonds. The summed E-state index contributed by atoms with van der Waals surface area (Å²) in [5.41, 5.74) is 4.28. The Hall–Kier alpha value is -1.89. The number of halogens is 1. The lowest BCUT2D eigenvalue weighted by Gasteiger charge is -2.14. The van der Waals surface area contributed by atoms with E-state index in [1.807, 2.05) is 11.3 Å². The van der Waals surface area contributed by atoms with Crippen LogP contribution in [0, 0.1) is 0 Å². The first-order chi connectivity index (χ1) is 9.63. The number of rotatable bonds is 6. The molecule has 1 aromatic rings. The predicted molar refractivity (Wildman–Crippen MR) is 71.4 cm³/mol.